The molecule has 1 rings (SSSR count). The van der Waals surface area contributed by atoms with E-state index in [4.69, 9.17) is 0 Å². The number of rotatable bonds is 0. The molecule has 0 aliphatic rings. The lowest BCUT2D eigenvalue weighted by Gasteiger charge is -1.81. The Kier molecular flexibility index (Phi) is 5.18. The summed E-state index contributed by atoms with van der Waals surface area (Å²) in [6.45, 7) is 9.81. The van der Waals surface area contributed by atoms with Gasteiger partial charge in [-0.2, -0.15) is 0 Å². The second-order valence-electron chi connectivity index (χ2n) is 2.03. The van der Waals surface area contributed by atoms with Crippen molar-refractivity contribution in [3.63, 3.8) is 0 Å². The normalized spacial score (nSPS) is 7.91. The highest BCUT2D eigenvalue weighted by Crippen LogP contribution is 1.67. The van der Waals surface area contributed by atoms with Crippen LogP contribution in [0.1, 0.15) is 20.8 Å². The number of benzene rings is 1. The minimum Gasteiger partial charge on any atom is -0.0918 e. The molecule has 0 amide bonds. The van der Waals surface area contributed by atoms with Gasteiger partial charge in [-0.05, 0) is 17.4 Å². The van der Waals surface area contributed by atoms with E-state index in [1.165, 1.54) is 5.22 Å². The fourth-order valence-electron chi connectivity index (χ4n) is 0.710. The molecule has 0 radical (unpaired) electrons. The summed E-state index contributed by atoms with van der Waals surface area (Å²) in [6, 6.07) is 8.13. The molecule has 0 spiro atoms. The van der Waals surface area contributed by atoms with Gasteiger partial charge in [0.25, 0.3) is 0 Å². The van der Waals surface area contributed by atoms with E-state index >= 15 is 0 Å². The highest BCUT2D eigenvalue weighted by Gasteiger charge is 1.72. The molecule has 1 aromatic rings. The average molecular weight is 148 g/mol. The van der Waals surface area contributed by atoms with E-state index in [9.17, 15) is 0 Å². The minimum atomic E-state index is 1.07. The Labute approximate surface area is 68.9 Å². The van der Waals surface area contributed by atoms with Crippen LogP contribution in [0.3, 0.4) is 0 Å². The van der Waals surface area contributed by atoms with Crippen molar-refractivity contribution in [2.24, 2.45) is 0 Å². The van der Waals surface area contributed by atoms with Crippen LogP contribution in [0.4, 0.5) is 0 Å². The molecule has 0 nitrogen and oxygen atoms in total. The summed E-state index contributed by atoms with van der Waals surface area (Å²) in [6.07, 6.45) is 2.07. The molecule has 0 saturated heterocycles. The molecule has 0 aliphatic heterocycles. The van der Waals surface area contributed by atoms with E-state index in [-0.39, 0.29) is 0 Å². The molecule has 0 atom stereocenters. The Morgan fingerprint density at radius 1 is 1.09 bits per heavy atom. The molecule has 0 heterocycles. The largest absolute Gasteiger partial charge is 0.0918 e. The van der Waals surface area contributed by atoms with E-state index < -0.39 is 0 Å². The first kappa shape index (κ1) is 9.96. The van der Waals surface area contributed by atoms with Crippen LogP contribution in [0.5, 0.6) is 0 Å². The molecule has 11 heavy (non-hydrogen) atoms. The van der Waals surface area contributed by atoms with Crippen molar-refractivity contribution in [1.82, 2.24) is 0 Å². The highest BCUT2D eigenvalue weighted by atomic mass is 13.8. The Hall–Kier alpha value is -1.04. The summed E-state index contributed by atoms with van der Waals surface area (Å²) in [5.41, 5.74) is 0. The van der Waals surface area contributed by atoms with Crippen LogP contribution >= 0.6 is 0 Å². The van der Waals surface area contributed by atoms with Gasteiger partial charge in [-0.3, -0.25) is 0 Å². The summed E-state index contributed by atoms with van der Waals surface area (Å²) < 4.78 is 0. The van der Waals surface area contributed by atoms with Gasteiger partial charge >= 0.3 is 0 Å². The lowest BCUT2D eigenvalue weighted by atomic mass is 10.2. The molecule has 0 fully saturated rings. The van der Waals surface area contributed by atoms with Gasteiger partial charge in [0.05, 0.1) is 0 Å². The first-order valence-electron chi connectivity index (χ1n) is 4.04. The maximum Gasteiger partial charge on any atom is -0.0299 e. The van der Waals surface area contributed by atoms with Gasteiger partial charge in [-0.25, -0.2) is 0 Å². The molecule has 60 valence electrons. The van der Waals surface area contributed by atoms with Gasteiger partial charge in [0, 0.05) is 0 Å². The van der Waals surface area contributed by atoms with Crippen LogP contribution in [0.15, 0.2) is 24.3 Å². The fourth-order valence-corrected chi connectivity index (χ4v) is 0.710. The SMILES string of the molecule is C=c1ccc(=CC)cc1.CC. The zero-order valence-corrected chi connectivity index (χ0v) is 7.59. The Morgan fingerprint density at radius 3 is 1.91 bits per heavy atom. The topological polar surface area (TPSA) is 0 Å². The standard InChI is InChI=1S/C9H10.C2H6/c1-3-9-6-4-8(2)5-7-9;1-2/h3-7H,2H2,1H3;1-2H3. The first-order chi connectivity index (χ1) is 5.33. The third-order valence-corrected chi connectivity index (χ3v) is 1.31. The molecule has 0 saturated carbocycles. The minimum absolute atomic E-state index is 1.07. The Balaban J connectivity index is 0.000000461. The predicted molar refractivity (Wildman–Crippen MR) is 52.7 cm³/mol. The number of hydrogen-bond donors (Lipinski definition) is 0. The summed E-state index contributed by atoms with van der Waals surface area (Å²) in [5, 5.41) is 2.32. The molecule has 0 aromatic heterocycles. The van der Waals surface area contributed by atoms with Gasteiger partial charge in [0.1, 0.15) is 0 Å². The Morgan fingerprint density at radius 2 is 1.55 bits per heavy atom. The summed E-state index contributed by atoms with van der Waals surface area (Å²) in [5.74, 6) is 0. The van der Waals surface area contributed by atoms with Crippen molar-refractivity contribution in [2.45, 2.75) is 20.8 Å². The van der Waals surface area contributed by atoms with Gasteiger partial charge < -0.3 is 0 Å². The summed E-state index contributed by atoms with van der Waals surface area (Å²) in [7, 11) is 0. The lowest BCUT2D eigenvalue weighted by molar-refractivity contribution is 1.50. The second kappa shape index (κ2) is 5.72. The smallest absolute Gasteiger partial charge is 0.0299 e. The second-order valence-corrected chi connectivity index (χ2v) is 2.03. The first-order valence-corrected chi connectivity index (χ1v) is 4.04. The van der Waals surface area contributed by atoms with Crippen molar-refractivity contribution >= 4 is 12.7 Å². The van der Waals surface area contributed by atoms with Gasteiger partial charge in [0.15, 0.2) is 0 Å². The molecular formula is C11H16. The third-order valence-electron chi connectivity index (χ3n) is 1.31. The summed E-state index contributed by atoms with van der Waals surface area (Å²) in [4.78, 5) is 0. The molecule has 1 aromatic carbocycles. The zero-order chi connectivity index (χ0) is 8.69. The lowest BCUT2D eigenvalue weighted by Crippen LogP contribution is -2.03. The fraction of sp³-hybridized carbons (Fsp3) is 0.273. The van der Waals surface area contributed by atoms with Crippen molar-refractivity contribution in [3.8, 4) is 0 Å². The molecule has 0 N–H and O–H groups in total. The van der Waals surface area contributed by atoms with E-state index in [2.05, 4.69) is 24.8 Å². The Bertz CT molecular complexity index is 260. The van der Waals surface area contributed by atoms with Crippen LogP contribution in [-0.2, 0) is 0 Å². The number of hydrogen-bond acceptors (Lipinski definition) is 0. The van der Waals surface area contributed by atoms with Crippen LogP contribution in [0.25, 0.3) is 12.7 Å². The molecule has 0 aliphatic carbocycles. The summed E-state index contributed by atoms with van der Waals surface area (Å²) >= 11 is 0. The molecule has 0 heteroatoms. The van der Waals surface area contributed by atoms with Crippen molar-refractivity contribution < 1.29 is 0 Å². The third kappa shape index (κ3) is 3.61. The van der Waals surface area contributed by atoms with E-state index in [1.54, 1.807) is 0 Å². The van der Waals surface area contributed by atoms with Gasteiger partial charge in [0.2, 0.25) is 0 Å². The van der Waals surface area contributed by atoms with Gasteiger partial charge in [-0.1, -0.05) is 50.8 Å². The van der Waals surface area contributed by atoms with E-state index in [1.807, 2.05) is 32.9 Å². The molecule has 0 unspecified atom stereocenters. The van der Waals surface area contributed by atoms with Crippen LogP contribution < -0.4 is 10.4 Å². The molecular weight excluding hydrogens is 132 g/mol. The van der Waals surface area contributed by atoms with Gasteiger partial charge in [-0.15, -0.1) is 0 Å². The van der Waals surface area contributed by atoms with E-state index in [0.29, 0.717) is 0 Å². The quantitative estimate of drug-likeness (QED) is 0.527. The zero-order valence-electron chi connectivity index (χ0n) is 7.59. The highest BCUT2D eigenvalue weighted by molar-refractivity contribution is 5.21. The van der Waals surface area contributed by atoms with Crippen molar-refractivity contribution in [2.75, 3.05) is 0 Å². The van der Waals surface area contributed by atoms with Crippen LogP contribution in [-0.4, -0.2) is 0 Å². The van der Waals surface area contributed by atoms with Crippen molar-refractivity contribution in [3.05, 3.63) is 34.7 Å². The van der Waals surface area contributed by atoms with E-state index in [0.717, 1.165) is 5.22 Å². The maximum absolute atomic E-state index is 3.78. The van der Waals surface area contributed by atoms with Crippen LogP contribution in [0, 0.1) is 0 Å². The van der Waals surface area contributed by atoms with Crippen molar-refractivity contribution in [1.29, 1.82) is 0 Å². The predicted octanol–water partition coefficient (Wildman–Crippen LogP) is 1.92. The molecule has 0 bridgehead atoms. The maximum atomic E-state index is 3.78. The average Bonchev–Trinajstić information content (AvgIpc) is 2.10. The van der Waals surface area contributed by atoms with Crippen LogP contribution in [0.2, 0.25) is 0 Å². The monoisotopic (exact) mass is 148 g/mol.